The van der Waals surface area contributed by atoms with E-state index in [0.29, 0.717) is 12.8 Å². The second-order valence-corrected chi connectivity index (χ2v) is 9.46. The Hall–Kier alpha value is -3.35. The number of amides is 2. The zero-order chi connectivity index (χ0) is 24.9. The van der Waals surface area contributed by atoms with Gasteiger partial charge in [-0.25, -0.2) is 9.59 Å². The zero-order valence-electron chi connectivity index (χ0n) is 20.3. The molecule has 2 atom stereocenters. The number of fused-ring (bicyclic) bond motifs is 3. The average Bonchev–Trinajstić information content (AvgIpc) is 3.11. The molecule has 1 aliphatic rings. The minimum atomic E-state index is -1.34. The third-order valence-electron chi connectivity index (χ3n) is 6.49. The van der Waals surface area contributed by atoms with Crippen LogP contribution in [0, 0.1) is 5.92 Å². The first-order valence-electron chi connectivity index (χ1n) is 11.8. The molecular weight excluding hydrogens is 432 g/mol. The summed E-state index contributed by atoms with van der Waals surface area (Å²) in [5.74, 6) is -1.60. The van der Waals surface area contributed by atoms with Crippen LogP contribution in [0.5, 0.6) is 0 Å². The van der Waals surface area contributed by atoms with E-state index in [9.17, 15) is 19.5 Å². The normalized spacial score (nSPS) is 15.1. The third kappa shape index (κ3) is 5.58. The highest BCUT2D eigenvalue weighted by Crippen LogP contribution is 2.44. The summed E-state index contributed by atoms with van der Waals surface area (Å²) in [5, 5.41) is 14.9. The Balaban J connectivity index is 1.62. The lowest BCUT2D eigenvalue weighted by atomic mass is 9.94. The predicted octanol–water partition coefficient (Wildman–Crippen LogP) is 4.70. The Morgan fingerprint density at radius 1 is 1.03 bits per heavy atom. The van der Waals surface area contributed by atoms with Gasteiger partial charge in [-0.2, -0.15) is 0 Å². The fraction of sp³-hybridized carbons (Fsp3) is 0.444. The molecule has 0 bridgehead atoms. The van der Waals surface area contributed by atoms with Crippen molar-refractivity contribution in [1.82, 2.24) is 10.6 Å². The number of carbonyl (C=O) groups is 3. The number of hydrogen-bond donors (Lipinski definition) is 3. The lowest BCUT2D eigenvalue weighted by Crippen LogP contribution is -2.53. The number of ether oxygens (including phenoxy) is 1. The molecule has 3 N–H and O–H groups in total. The van der Waals surface area contributed by atoms with Crippen molar-refractivity contribution in [2.75, 3.05) is 6.61 Å². The molecule has 2 amide bonds. The molecule has 7 heteroatoms. The topological polar surface area (TPSA) is 105 Å². The fourth-order valence-electron chi connectivity index (χ4n) is 4.53. The third-order valence-corrected chi connectivity index (χ3v) is 6.49. The SMILES string of the molecule is CCCC(C)(NC(=O)CC(NC(=O)OCC1c2ccccc2-c2ccccc21)C(C)C)C(=O)O. The molecule has 182 valence electrons. The van der Waals surface area contributed by atoms with Crippen molar-refractivity contribution in [2.45, 2.75) is 64.5 Å². The summed E-state index contributed by atoms with van der Waals surface area (Å²) < 4.78 is 5.60. The van der Waals surface area contributed by atoms with Crippen LogP contribution in [0.2, 0.25) is 0 Å². The van der Waals surface area contributed by atoms with Crippen LogP contribution < -0.4 is 10.6 Å². The van der Waals surface area contributed by atoms with E-state index in [1.807, 2.05) is 45.0 Å². The van der Waals surface area contributed by atoms with Crippen LogP contribution in [0.1, 0.15) is 64.0 Å². The van der Waals surface area contributed by atoms with Gasteiger partial charge in [-0.3, -0.25) is 4.79 Å². The van der Waals surface area contributed by atoms with Gasteiger partial charge in [-0.15, -0.1) is 0 Å². The molecule has 0 aromatic heterocycles. The second-order valence-electron chi connectivity index (χ2n) is 9.46. The summed E-state index contributed by atoms with van der Waals surface area (Å²) in [4.78, 5) is 36.9. The molecule has 0 aliphatic heterocycles. The smallest absolute Gasteiger partial charge is 0.407 e. The van der Waals surface area contributed by atoms with Crippen LogP contribution in [-0.2, 0) is 14.3 Å². The first kappa shape index (κ1) is 25.3. The van der Waals surface area contributed by atoms with Gasteiger partial charge in [-0.1, -0.05) is 75.7 Å². The summed E-state index contributed by atoms with van der Waals surface area (Å²) in [6.45, 7) is 7.34. The van der Waals surface area contributed by atoms with Crippen molar-refractivity contribution in [1.29, 1.82) is 0 Å². The highest BCUT2D eigenvalue weighted by Gasteiger charge is 2.35. The standard InChI is InChI=1S/C27H34N2O5/c1-5-14-27(4,25(31)32)29-24(30)15-23(17(2)3)28-26(33)34-16-22-20-12-8-6-10-18(20)19-11-7-9-13-21(19)22/h6-13,17,22-23H,5,14-16H2,1-4H3,(H,28,33)(H,29,30)(H,31,32). The zero-order valence-corrected chi connectivity index (χ0v) is 20.3. The van der Waals surface area contributed by atoms with Gasteiger partial charge in [-0.05, 0) is 41.5 Å². The largest absolute Gasteiger partial charge is 0.480 e. The maximum absolute atomic E-state index is 12.7. The summed E-state index contributed by atoms with van der Waals surface area (Å²) >= 11 is 0. The molecule has 0 fully saturated rings. The average molecular weight is 467 g/mol. The summed E-state index contributed by atoms with van der Waals surface area (Å²) in [6.07, 6.45) is 0.312. The first-order chi connectivity index (χ1) is 16.2. The van der Waals surface area contributed by atoms with Crippen molar-refractivity contribution in [2.24, 2.45) is 5.92 Å². The van der Waals surface area contributed by atoms with Crippen molar-refractivity contribution in [3.8, 4) is 11.1 Å². The quantitative estimate of drug-likeness (QED) is 0.471. The van der Waals surface area contributed by atoms with Crippen LogP contribution in [0.15, 0.2) is 48.5 Å². The van der Waals surface area contributed by atoms with Crippen molar-refractivity contribution in [3.05, 3.63) is 59.7 Å². The molecule has 0 saturated heterocycles. The molecule has 7 nitrogen and oxygen atoms in total. The van der Waals surface area contributed by atoms with E-state index in [1.165, 1.54) is 6.92 Å². The van der Waals surface area contributed by atoms with Gasteiger partial charge >= 0.3 is 12.1 Å². The maximum Gasteiger partial charge on any atom is 0.407 e. The molecular formula is C27H34N2O5. The Morgan fingerprint density at radius 2 is 1.59 bits per heavy atom. The molecule has 0 spiro atoms. The van der Waals surface area contributed by atoms with Gasteiger partial charge in [0.15, 0.2) is 0 Å². The van der Waals surface area contributed by atoms with Crippen molar-refractivity contribution < 1.29 is 24.2 Å². The van der Waals surface area contributed by atoms with Crippen LogP contribution in [0.25, 0.3) is 11.1 Å². The summed E-state index contributed by atoms with van der Waals surface area (Å²) in [5.41, 5.74) is 3.21. The molecule has 3 rings (SSSR count). The number of carboxylic acids is 1. The molecule has 0 saturated carbocycles. The highest BCUT2D eigenvalue weighted by molar-refractivity contribution is 5.87. The van der Waals surface area contributed by atoms with Crippen LogP contribution in [0.3, 0.4) is 0 Å². The molecule has 34 heavy (non-hydrogen) atoms. The number of aliphatic carboxylic acids is 1. The molecule has 2 aromatic carbocycles. The van der Waals surface area contributed by atoms with E-state index in [-0.39, 0.29) is 24.9 Å². The molecule has 2 unspecified atom stereocenters. The van der Waals surface area contributed by atoms with Crippen molar-refractivity contribution >= 4 is 18.0 Å². The molecule has 0 radical (unpaired) electrons. The van der Waals surface area contributed by atoms with Gasteiger partial charge in [0.1, 0.15) is 12.1 Å². The van der Waals surface area contributed by atoms with E-state index < -0.39 is 29.6 Å². The second kappa shape index (κ2) is 10.7. The van der Waals surface area contributed by atoms with Gasteiger partial charge < -0.3 is 20.5 Å². The summed E-state index contributed by atoms with van der Waals surface area (Å²) in [7, 11) is 0. The number of benzene rings is 2. The van der Waals surface area contributed by atoms with Crippen LogP contribution >= 0.6 is 0 Å². The van der Waals surface area contributed by atoms with Gasteiger partial charge in [0.2, 0.25) is 5.91 Å². The van der Waals surface area contributed by atoms with Crippen LogP contribution in [-0.4, -0.2) is 41.3 Å². The number of carboxylic acid groups (broad SMARTS) is 1. The maximum atomic E-state index is 12.7. The Labute approximate surface area is 200 Å². The number of alkyl carbamates (subject to hydrolysis) is 1. The van der Waals surface area contributed by atoms with E-state index in [1.54, 1.807) is 0 Å². The van der Waals surface area contributed by atoms with Gasteiger partial charge in [0.05, 0.1) is 0 Å². The van der Waals surface area contributed by atoms with Gasteiger partial charge in [0, 0.05) is 18.4 Å². The van der Waals surface area contributed by atoms with E-state index >= 15 is 0 Å². The Bertz CT molecular complexity index is 1010. The van der Waals surface area contributed by atoms with Gasteiger partial charge in [0.25, 0.3) is 0 Å². The van der Waals surface area contributed by atoms with E-state index in [2.05, 4.69) is 34.9 Å². The van der Waals surface area contributed by atoms with Crippen molar-refractivity contribution in [3.63, 3.8) is 0 Å². The molecule has 1 aliphatic carbocycles. The van der Waals surface area contributed by atoms with Crippen LogP contribution in [0.4, 0.5) is 4.79 Å². The number of rotatable bonds is 10. The summed E-state index contributed by atoms with van der Waals surface area (Å²) in [6, 6.07) is 15.7. The monoisotopic (exact) mass is 466 g/mol. The Kier molecular flexibility index (Phi) is 7.97. The lowest BCUT2D eigenvalue weighted by Gasteiger charge is -2.28. The molecule has 0 heterocycles. The number of carbonyl (C=O) groups excluding carboxylic acids is 2. The minimum Gasteiger partial charge on any atom is -0.480 e. The molecule has 2 aromatic rings. The van der Waals surface area contributed by atoms with E-state index in [4.69, 9.17) is 4.74 Å². The van der Waals surface area contributed by atoms with E-state index in [0.717, 1.165) is 22.3 Å². The first-order valence-corrected chi connectivity index (χ1v) is 11.8. The predicted molar refractivity (Wildman–Crippen MR) is 131 cm³/mol. The fourth-order valence-corrected chi connectivity index (χ4v) is 4.53. The number of hydrogen-bond acceptors (Lipinski definition) is 4. The lowest BCUT2D eigenvalue weighted by molar-refractivity contribution is -0.147. The minimum absolute atomic E-state index is 0.0333. The highest BCUT2D eigenvalue weighted by atomic mass is 16.5. The number of nitrogens with one attached hydrogen (secondary N) is 2. The Morgan fingerprint density at radius 3 is 2.09 bits per heavy atom.